The number of hydrogen-bond donors (Lipinski definition) is 1. The Kier molecular flexibility index (Phi) is 4.08. The number of rotatable bonds is 2. The van der Waals surface area contributed by atoms with E-state index in [1.807, 2.05) is 13.0 Å². The van der Waals surface area contributed by atoms with Crippen LogP contribution in [0, 0.1) is 5.92 Å². The van der Waals surface area contributed by atoms with E-state index in [0.717, 1.165) is 16.8 Å². The number of carbonyl (C=O) groups is 2. The molecular weight excluding hydrogens is 344 g/mol. The number of aromatic nitrogens is 4. The van der Waals surface area contributed by atoms with Gasteiger partial charge in [-0.3, -0.25) is 9.59 Å². The molecule has 2 aliphatic rings. The van der Waals surface area contributed by atoms with Crippen LogP contribution >= 0.6 is 0 Å². The van der Waals surface area contributed by atoms with Gasteiger partial charge in [0.25, 0.3) is 11.8 Å². The number of tetrazole rings is 1. The average molecular weight is 360 g/mol. The Bertz CT molecular complexity index is 1060. The first-order valence-corrected chi connectivity index (χ1v) is 8.38. The molecule has 1 atom stereocenters. The Morgan fingerprint density at radius 2 is 2.15 bits per heavy atom. The third-order valence-corrected chi connectivity index (χ3v) is 4.69. The van der Waals surface area contributed by atoms with Gasteiger partial charge in [-0.2, -0.15) is 0 Å². The molecule has 1 aliphatic heterocycles. The minimum Gasteiger partial charge on any atom is -0.325 e. The van der Waals surface area contributed by atoms with E-state index in [0.29, 0.717) is 17.0 Å². The van der Waals surface area contributed by atoms with Crippen LogP contribution in [0.2, 0.25) is 0 Å². The van der Waals surface area contributed by atoms with Crippen molar-refractivity contribution in [1.82, 2.24) is 25.5 Å². The standard InChI is InChI=1S/C19H16N6O2/c1-11-12(2)18(26)22-17-9-14(6-7-16(11)17)21-19(27)13-4-3-5-15(8-13)25-10-20-23-24-25/h3-10,16H,1-2H3,(H,22,26). The first-order valence-electron chi connectivity index (χ1n) is 8.38. The van der Waals surface area contributed by atoms with Gasteiger partial charge in [-0.15, -0.1) is 5.10 Å². The van der Waals surface area contributed by atoms with Gasteiger partial charge >= 0.3 is 0 Å². The van der Waals surface area contributed by atoms with E-state index in [-0.39, 0.29) is 17.7 Å². The van der Waals surface area contributed by atoms with Gasteiger partial charge in [0.2, 0.25) is 0 Å². The lowest BCUT2D eigenvalue weighted by atomic mass is 9.85. The molecule has 0 spiro atoms. The van der Waals surface area contributed by atoms with Crippen LogP contribution in [-0.2, 0) is 4.79 Å². The fourth-order valence-corrected chi connectivity index (χ4v) is 3.04. The van der Waals surface area contributed by atoms with Crippen molar-refractivity contribution >= 4 is 17.5 Å². The molecule has 0 radical (unpaired) electrons. The van der Waals surface area contributed by atoms with E-state index in [1.165, 1.54) is 11.0 Å². The van der Waals surface area contributed by atoms with Crippen molar-refractivity contribution < 1.29 is 9.59 Å². The third kappa shape index (κ3) is 3.12. The maximum absolute atomic E-state index is 12.6. The first kappa shape index (κ1) is 16.8. The molecule has 1 aromatic carbocycles. The quantitative estimate of drug-likeness (QED) is 0.879. The summed E-state index contributed by atoms with van der Waals surface area (Å²) in [6, 6.07) is 6.89. The van der Waals surface area contributed by atoms with Crippen LogP contribution in [0.25, 0.3) is 5.69 Å². The number of nitrogens with zero attached hydrogens (tertiary/aromatic N) is 5. The summed E-state index contributed by atoms with van der Waals surface area (Å²) in [5.74, 6) is -0.490. The van der Waals surface area contributed by atoms with E-state index in [2.05, 4.69) is 25.8 Å². The van der Waals surface area contributed by atoms with E-state index in [4.69, 9.17) is 0 Å². The van der Waals surface area contributed by atoms with Crippen molar-refractivity contribution in [2.24, 2.45) is 10.9 Å². The number of aliphatic imine (C=N–C) groups is 1. The summed E-state index contributed by atoms with van der Waals surface area (Å²) in [7, 11) is 0. The summed E-state index contributed by atoms with van der Waals surface area (Å²) in [6.45, 7) is 3.74. The second-order valence-corrected chi connectivity index (χ2v) is 6.35. The predicted molar refractivity (Wildman–Crippen MR) is 98.1 cm³/mol. The molecule has 134 valence electrons. The number of carbonyl (C=O) groups excluding carboxylic acids is 2. The summed E-state index contributed by atoms with van der Waals surface area (Å²) in [5, 5.41) is 13.9. The zero-order valence-corrected chi connectivity index (χ0v) is 14.7. The SMILES string of the molecule is CC1=C(C)C2C=CC(=NC(=O)c3cccc(-n4cnnn4)c3)C=C2NC1=O. The summed E-state index contributed by atoms with van der Waals surface area (Å²) in [4.78, 5) is 28.7. The van der Waals surface area contributed by atoms with Crippen molar-refractivity contribution in [3.05, 3.63) is 71.2 Å². The number of amides is 2. The van der Waals surface area contributed by atoms with Gasteiger partial charge < -0.3 is 5.32 Å². The fraction of sp³-hybridized carbons (Fsp3) is 0.158. The summed E-state index contributed by atoms with van der Waals surface area (Å²) >= 11 is 0. The molecule has 4 rings (SSSR count). The Morgan fingerprint density at radius 1 is 1.30 bits per heavy atom. The van der Waals surface area contributed by atoms with Crippen molar-refractivity contribution in [1.29, 1.82) is 0 Å². The summed E-state index contributed by atoms with van der Waals surface area (Å²) < 4.78 is 1.46. The molecule has 27 heavy (non-hydrogen) atoms. The Balaban J connectivity index is 1.61. The molecule has 8 heteroatoms. The molecule has 8 nitrogen and oxygen atoms in total. The highest BCUT2D eigenvalue weighted by Crippen LogP contribution is 2.29. The molecule has 1 N–H and O–H groups in total. The van der Waals surface area contributed by atoms with Crippen LogP contribution in [0.3, 0.4) is 0 Å². The summed E-state index contributed by atoms with van der Waals surface area (Å²) in [5.41, 5.74) is 4.04. The van der Waals surface area contributed by atoms with E-state index < -0.39 is 0 Å². The monoisotopic (exact) mass is 360 g/mol. The van der Waals surface area contributed by atoms with Crippen LogP contribution in [0.15, 0.2) is 70.7 Å². The minimum atomic E-state index is -0.384. The molecule has 1 aromatic heterocycles. The third-order valence-electron chi connectivity index (χ3n) is 4.69. The van der Waals surface area contributed by atoms with Gasteiger partial charge in [0.15, 0.2) is 0 Å². The maximum Gasteiger partial charge on any atom is 0.277 e. The molecule has 1 aliphatic carbocycles. The van der Waals surface area contributed by atoms with Crippen LogP contribution in [0.5, 0.6) is 0 Å². The molecule has 0 bridgehead atoms. The smallest absolute Gasteiger partial charge is 0.277 e. The fourth-order valence-electron chi connectivity index (χ4n) is 3.04. The first-order chi connectivity index (χ1) is 13.0. The van der Waals surface area contributed by atoms with Crippen molar-refractivity contribution in [2.75, 3.05) is 0 Å². The molecule has 0 saturated carbocycles. The molecule has 2 heterocycles. The lowest BCUT2D eigenvalue weighted by Gasteiger charge is -2.28. The van der Waals surface area contributed by atoms with Gasteiger partial charge in [-0.25, -0.2) is 9.67 Å². The second-order valence-electron chi connectivity index (χ2n) is 6.35. The average Bonchev–Trinajstić information content (AvgIpc) is 3.21. The highest BCUT2D eigenvalue weighted by Gasteiger charge is 2.27. The molecule has 0 saturated heterocycles. The largest absolute Gasteiger partial charge is 0.325 e. The van der Waals surface area contributed by atoms with Crippen molar-refractivity contribution in [2.45, 2.75) is 13.8 Å². The van der Waals surface area contributed by atoms with Gasteiger partial charge in [0.1, 0.15) is 6.33 Å². The number of nitrogens with one attached hydrogen (secondary N) is 1. The number of fused-ring (bicyclic) bond motifs is 1. The van der Waals surface area contributed by atoms with Gasteiger partial charge in [0.05, 0.1) is 11.4 Å². The molecular formula is C19H16N6O2. The molecule has 0 fully saturated rings. The number of hydrogen-bond acceptors (Lipinski definition) is 5. The van der Waals surface area contributed by atoms with Crippen molar-refractivity contribution in [3.8, 4) is 5.69 Å². The molecule has 1 unspecified atom stereocenters. The van der Waals surface area contributed by atoms with Gasteiger partial charge in [-0.05, 0) is 54.6 Å². The minimum absolute atomic E-state index is 0.0138. The molecule has 2 amide bonds. The van der Waals surface area contributed by atoms with E-state index in [1.54, 1.807) is 43.3 Å². The Labute approximate surface area is 155 Å². The Hall–Kier alpha value is -3.68. The number of allylic oxidation sites excluding steroid dienone is 3. The van der Waals surface area contributed by atoms with Crippen LogP contribution < -0.4 is 5.32 Å². The zero-order chi connectivity index (χ0) is 19.0. The van der Waals surface area contributed by atoms with E-state index in [9.17, 15) is 9.59 Å². The second kappa shape index (κ2) is 6.56. The maximum atomic E-state index is 12.6. The Morgan fingerprint density at radius 3 is 2.93 bits per heavy atom. The summed E-state index contributed by atoms with van der Waals surface area (Å²) in [6.07, 6.45) is 6.93. The highest BCUT2D eigenvalue weighted by molar-refractivity contribution is 6.14. The lowest BCUT2D eigenvalue weighted by molar-refractivity contribution is -0.117. The van der Waals surface area contributed by atoms with E-state index >= 15 is 0 Å². The van der Waals surface area contributed by atoms with Crippen LogP contribution in [0.1, 0.15) is 24.2 Å². The van der Waals surface area contributed by atoms with Crippen molar-refractivity contribution in [3.63, 3.8) is 0 Å². The lowest BCUT2D eigenvalue weighted by Crippen LogP contribution is -2.35. The number of benzene rings is 1. The predicted octanol–water partition coefficient (Wildman–Crippen LogP) is 1.78. The topological polar surface area (TPSA) is 102 Å². The molecule has 2 aromatic rings. The van der Waals surface area contributed by atoms with Crippen LogP contribution in [0.4, 0.5) is 0 Å². The van der Waals surface area contributed by atoms with Gasteiger partial charge in [-0.1, -0.05) is 17.7 Å². The highest BCUT2D eigenvalue weighted by atomic mass is 16.2. The van der Waals surface area contributed by atoms with Crippen LogP contribution in [-0.4, -0.2) is 37.7 Å². The van der Waals surface area contributed by atoms with Gasteiger partial charge in [0, 0.05) is 22.8 Å². The zero-order valence-electron chi connectivity index (χ0n) is 14.7. The normalized spacial score (nSPS) is 20.4.